The van der Waals surface area contributed by atoms with Gasteiger partial charge < -0.3 is 5.73 Å². The Kier molecular flexibility index (Phi) is 3.59. The summed E-state index contributed by atoms with van der Waals surface area (Å²) >= 11 is 5.70. The molecule has 0 bridgehead atoms. The molecule has 1 rings (SSSR count). The summed E-state index contributed by atoms with van der Waals surface area (Å²) in [5, 5.41) is 0.346. The largest absolute Gasteiger partial charge is 0.397 e. The summed E-state index contributed by atoms with van der Waals surface area (Å²) in [6.45, 7) is 3.49. The van der Waals surface area contributed by atoms with E-state index in [9.17, 15) is 8.42 Å². The number of hydrogen-bond donors (Lipinski definition) is 2. The topological polar surface area (TPSA) is 72.2 Å². The third-order valence-electron chi connectivity index (χ3n) is 1.67. The second kappa shape index (κ2) is 4.38. The Morgan fingerprint density at radius 1 is 1.40 bits per heavy atom. The van der Waals surface area contributed by atoms with Crippen molar-refractivity contribution < 1.29 is 8.42 Å². The summed E-state index contributed by atoms with van der Waals surface area (Å²) in [5.74, 6) is 0. The van der Waals surface area contributed by atoms with Crippen molar-refractivity contribution in [2.45, 2.75) is 24.8 Å². The molecule has 1 aromatic carbocycles. The van der Waals surface area contributed by atoms with Gasteiger partial charge in [-0.3, -0.25) is 0 Å². The predicted octanol–water partition coefficient (Wildman–Crippen LogP) is 1.61. The van der Waals surface area contributed by atoms with Gasteiger partial charge in [0.15, 0.2) is 0 Å². The molecule has 4 nitrogen and oxygen atoms in total. The molecule has 3 N–H and O–H groups in total. The molecule has 84 valence electrons. The second-order valence-corrected chi connectivity index (χ2v) is 5.58. The van der Waals surface area contributed by atoms with Crippen LogP contribution in [0, 0.1) is 0 Å². The first-order chi connectivity index (χ1) is 6.83. The van der Waals surface area contributed by atoms with Crippen molar-refractivity contribution in [2.24, 2.45) is 0 Å². The van der Waals surface area contributed by atoms with Crippen molar-refractivity contribution in [3.05, 3.63) is 23.2 Å². The fraction of sp³-hybridized carbons (Fsp3) is 0.333. The molecule has 0 fully saturated rings. The van der Waals surface area contributed by atoms with E-state index in [0.29, 0.717) is 5.02 Å². The van der Waals surface area contributed by atoms with E-state index in [2.05, 4.69) is 4.72 Å². The molecule has 0 heterocycles. The Labute approximate surface area is 94.5 Å². The normalized spacial score (nSPS) is 12.0. The number of nitrogens with one attached hydrogen (secondary N) is 1. The van der Waals surface area contributed by atoms with Gasteiger partial charge in [0.2, 0.25) is 10.0 Å². The van der Waals surface area contributed by atoms with Crippen LogP contribution in [0.4, 0.5) is 5.69 Å². The van der Waals surface area contributed by atoms with Gasteiger partial charge in [-0.15, -0.1) is 0 Å². The van der Waals surface area contributed by atoms with Gasteiger partial charge in [-0.05, 0) is 32.0 Å². The maximum absolute atomic E-state index is 11.7. The van der Waals surface area contributed by atoms with Crippen LogP contribution in [0.15, 0.2) is 23.1 Å². The molecule has 1 aromatic rings. The summed E-state index contributed by atoms with van der Waals surface area (Å²) < 4.78 is 25.8. The molecular weight excluding hydrogens is 236 g/mol. The van der Waals surface area contributed by atoms with Gasteiger partial charge in [0.25, 0.3) is 0 Å². The van der Waals surface area contributed by atoms with Crippen LogP contribution in [0.5, 0.6) is 0 Å². The molecule has 0 saturated carbocycles. The molecule has 0 saturated heterocycles. The van der Waals surface area contributed by atoms with Crippen molar-refractivity contribution in [1.29, 1.82) is 0 Å². The number of halogens is 1. The van der Waals surface area contributed by atoms with Gasteiger partial charge in [0.05, 0.1) is 15.6 Å². The molecule has 0 spiro atoms. The Morgan fingerprint density at radius 3 is 2.47 bits per heavy atom. The number of anilines is 1. The minimum atomic E-state index is -3.49. The van der Waals surface area contributed by atoms with Crippen molar-refractivity contribution in [1.82, 2.24) is 4.72 Å². The summed E-state index contributed by atoms with van der Waals surface area (Å²) in [4.78, 5) is 0.123. The van der Waals surface area contributed by atoms with Crippen LogP contribution < -0.4 is 10.5 Å². The van der Waals surface area contributed by atoms with Crippen LogP contribution >= 0.6 is 11.6 Å². The standard InChI is InChI=1S/C9H13ClN2O2S/c1-6(2)12-15(13,14)7-3-4-8(10)9(11)5-7/h3-6,12H,11H2,1-2H3. The molecule has 6 heteroatoms. The quantitative estimate of drug-likeness (QED) is 0.799. The lowest BCUT2D eigenvalue weighted by atomic mass is 10.3. The van der Waals surface area contributed by atoms with Crippen LogP contribution in [0.3, 0.4) is 0 Å². The third-order valence-corrected chi connectivity index (χ3v) is 3.67. The van der Waals surface area contributed by atoms with E-state index in [1.807, 2.05) is 0 Å². The fourth-order valence-electron chi connectivity index (χ4n) is 1.07. The van der Waals surface area contributed by atoms with Gasteiger partial charge in [-0.25, -0.2) is 13.1 Å². The van der Waals surface area contributed by atoms with Gasteiger partial charge in [-0.2, -0.15) is 0 Å². The Hall–Kier alpha value is -0.780. The fourth-order valence-corrected chi connectivity index (χ4v) is 2.47. The second-order valence-electron chi connectivity index (χ2n) is 3.46. The third kappa shape index (κ3) is 3.09. The Morgan fingerprint density at radius 2 is 2.00 bits per heavy atom. The van der Waals surface area contributed by atoms with Crippen molar-refractivity contribution >= 4 is 27.3 Å². The van der Waals surface area contributed by atoms with Crippen molar-refractivity contribution in [2.75, 3.05) is 5.73 Å². The highest BCUT2D eigenvalue weighted by molar-refractivity contribution is 7.89. The molecule has 0 atom stereocenters. The molecule has 15 heavy (non-hydrogen) atoms. The average molecular weight is 249 g/mol. The monoisotopic (exact) mass is 248 g/mol. The molecule has 0 amide bonds. The number of nitrogen functional groups attached to an aromatic ring is 1. The number of nitrogens with two attached hydrogens (primary N) is 1. The van der Waals surface area contributed by atoms with Crippen LogP contribution in [-0.4, -0.2) is 14.5 Å². The van der Waals surface area contributed by atoms with E-state index in [0.717, 1.165) is 0 Å². The van der Waals surface area contributed by atoms with E-state index in [-0.39, 0.29) is 16.6 Å². The first-order valence-corrected chi connectivity index (χ1v) is 6.26. The van der Waals surface area contributed by atoms with E-state index >= 15 is 0 Å². The highest BCUT2D eigenvalue weighted by Crippen LogP contribution is 2.22. The smallest absolute Gasteiger partial charge is 0.240 e. The van der Waals surface area contributed by atoms with Crippen molar-refractivity contribution in [3.8, 4) is 0 Å². The zero-order valence-electron chi connectivity index (χ0n) is 8.49. The summed E-state index contributed by atoms with van der Waals surface area (Å²) in [7, 11) is -3.49. The molecule has 0 unspecified atom stereocenters. The summed E-state index contributed by atoms with van der Waals surface area (Å²) in [6.07, 6.45) is 0. The van der Waals surface area contributed by atoms with E-state index in [1.165, 1.54) is 18.2 Å². The van der Waals surface area contributed by atoms with E-state index in [1.54, 1.807) is 13.8 Å². The highest BCUT2D eigenvalue weighted by atomic mass is 35.5. The lowest BCUT2D eigenvalue weighted by Crippen LogP contribution is -2.30. The lowest BCUT2D eigenvalue weighted by molar-refractivity contribution is 0.570. The molecular formula is C9H13ClN2O2S. The number of rotatable bonds is 3. The highest BCUT2D eigenvalue weighted by Gasteiger charge is 2.15. The lowest BCUT2D eigenvalue weighted by Gasteiger charge is -2.10. The Balaban J connectivity index is 3.11. The minimum absolute atomic E-state index is 0.123. The SMILES string of the molecule is CC(C)NS(=O)(=O)c1ccc(Cl)c(N)c1. The zero-order valence-corrected chi connectivity index (χ0v) is 10.1. The summed E-state index contributed by atoms with van der Waals surface area (Å²) in [5.41, 5.74) is 5.78. The number of hydrogen-bond acceptors (Lipinski definition) is 3. The Bertz CT molecular complexity index is 457. The minimum Gasteiger partial charge on any atom is -0.397 e. The number of benzene rings is 1. The first-order valence-electron chi connectivity index (χ1n) is 4.40. The van der Waals surface area contributed by atoms with Gasteiger partial charge in [0, 0.05) is 6.04 Å². The molecule has 0 aliphatic heterocycles. The predicted molar refractivity (Wildman–Crippen MR) is 61.3 cm³/mol. The van der Waals surface area contributed by atoms with Crippen LogP contribution in [0.1, 0.15) is 13.8 Å². The average Bonchev–Trinajstić information content (AvgIpc) is 2.07. The van der Waals surface area contributed by atoms with Crippen LogP contribution in [0.25, 0.3) is 0 Å². The van der Waals surface area contributed by atoms with Gasteiger partial charge in [0.1, 0.15) is 0 Å². The number of sulfonamides is 1. The van der Waals surface area contributed by atoms with Crippen LogP contribution in [0.2, 0.25) is 5.02 Å². The molecule has 0 aliphatic rings. The maximum Gasteiger partial charge on any atom is 0.240 e. The van der Waals surface area contributed by atoms with E-state index in [4.69, 9.17) is 17.3 Å². The van der Waals surface area contributed by atoms with Gasteiger partial charge >= 0.3 is 0 Å². The molecule has 0 aliphatic carbocycles. The molecule has 0 aromatic heterocycles. The zero-order chi connectivity index (χ0) is 11.6. The van der Waals surface area contributed by atoms with Crippen molar-refractivity contribution in [3.63, 3.8) is 0 Å². The maximum atomic E-state index is 11.7. The molecule has 0 radical (unpaired) electrons. The first kappa shape index (κ1) is 12.3. The van der Waals surface area contributed by atoms with Crippen LogP contribution in [-0.2, 0) is 10.0 Å². The summed E-state index contributed by atoms with van der Waals surface area (Å²) in [6, 6.07) is 4.06. The van der Waals surface area contributed by atoms with Gasteiger partial charge in [-0.1, -0.05) is 11.6 Å². The van der Waals surface area contributed by atoms with E-state index < -0.39 is 10.0 Å².